The van der Waals surface area contributed by atoms with Gasteiger partial charge in [-0.2, -0.15) is 5.10 Å². The maximum atomic E-state index is 12.5. The molecule has 0 aliphatic carbocycles. The van der Waals surface area contributed by atoms with E-state index in [0.29, 0.717) is 36.0 Å². The van der Waals surface area contributed by atoms with E-state index >= 15 is 0 Å². The lowest BCUT2D eigenvalue weighted by Crippen LogP contribution is -2.25. The number of amides is 1. The van der Waals surface area contributed by atoms with E-state index in [9.17, 15) is 9.00 Å². The van der Waals surface area contributed by atoms with Crippen molar-refractivity contribution in [1.29, 1.82) is 0 Å². The van der Waals surface area contributed by atoms with Crippen molar-refractivity contribution in [1.82, 2.24) is 15.5 Å². The van der Waals surface area contributed by atoms with Crippen LogP contribution in [0.25, 0.3) is 0 Å². The van der Waals surface area contributed by atoms with Gasteiger partial charge in [0.1, 0.15) is 0 Å². The number of aromatic amines is 1. The summed E-state index contributed by atoms with van der Waals surface area (Å²) in [7, 11) is 0.607. The normalized spacial score (nSPS) is 14.2. The van der Waals surface area contributed by atoms with Crippen LogP contribution < -0.4 is 10.6 Å². The van der Waals surface area contributed by atoms with Crippen molar-refractivity contribution in [2.24, 2.45) is 0 Å². The van der Waals surface area contributed by atoms with Crippen LogP contribution >= 0.6 is 12.4 Å². The Morgan fingerprint density at radius 2 is 2.27 bits per heavy atom. The Hall–Kier alpha value is -1.74. The molecular formula is C17H23ClN4O3S. The van der Waals surface area contributed by atoms with Crippen LogP contribution in [0.1, 0.15) is 27.3 Å². The summed E-state index contributed by atoms with van der Waals surface area (Å²) in [4.78, 5) is 12.5. The van der Waals surface area contributed by atoms with Gasteiger partial charge in [-0.1, -0.05) is 12.1 Å². The minimum absolute atomic E-state index is 0. The van der Waals surface area contributed by atoms with Gasteiger partial charge < -0.3 is 15.4 Å². The molecule has 1 aromatic heterocycles. The molecule has 0 spiro atoms. The molecule has 1 atom stereocenters. The number of rotatable bonds is 7. The Morgan fingerprint density at radius 1 is 1.42 bits per heavy atom. The number of aromatic nitrogens is 2. The molecule has 0 fully saturated rings. The third-order valence-corrected chi connectivity index (χ3v) is 5.33. The number of benzene rings is 1. The zero-order chi connectivity index (χ0) is 17.6. The Balaban J connectivity index is 0.00000243. The monoisotopic (exact) mass is 398 g/mol. The number of nitrogens with zero attached hydrogens (tertiary/aromatic N) is 1. The second-order valence-electron chi connectivity index (χ2n) is 5.89. The molecule has 7 nitrogen and oxygen atoms in total. The molecule has 0 saturated carbocycles. The number of fused-ring (bicyclic) bond motifs is 1. The van der Waals surface area contributed by atoms with Crippen molar-refractivity contribution in [2.45, 2.75) is 18.7 Å². The van der Waals surface area contributed by atoms with Gasteiger partial charge in [0.15, 0.2) is 5.69 Å². The third kappa shape index (κ3) is 5.14. The van der Waals surface area contributed by atoms with Gasteiger partial charge >= 0.3 is 0 Å². The number of hydrogen-bond donors (Lipinski definition) is 3. The molecule has 1 amide bonds. The number of methoxy groups -OCH3 is 1. The van der Waals surface area contributed by atoms with Crippen LogP contribution in [-0.2, 0) is 34.3 Å². The number of anilines is 1. The predicted molar refractivity (Wildman–Crippen MR) is 104 cm³/mol. The summed E-state index contributed by atoms with van der Waals surface area (Å²) in [5.74, 6) is 0.702. The first-order chi connectivity index (χ1) is 12.2. The lowest BCUT2D eigenvalue weighted by atomic mass is 10.1. The Labute approximate surface area is 161 Å². The van der Waals surface area contributed by atoms with Gasteiger partial charge in [-0.3, -0.25) is 14.1 Å². The predicted octanol–water partition coefficient (Wildman–Crippen LogP) is 1.62. The van der Waals surface area contributed by atoms with Gasteiger partial charge in [0.05, 0.1) is 6.61 Å². The summed E-state index contributed by atoms with van der Waals surface area (Å²) < 4.78 is 16.9. The van der Waals surface area contributed by atoms with Crippen molar-refractivity contribution in [3.8, 4) is 0 Å². The SMILES string of the molecule is COCCS(=O)Cc1cccc(NC(=O)c2n[nH]c3c2CNCC3)c1.Cl. The Morgan fingerprint density at radius 3 is 3.08 bits per heavy atom. The summed E-state index contributed by atoms with van der Waals surface area (Å²) in [6, 6.07) is 7.41. The highest BCUT2D eigenvalue weighted by atomic mass is 35.5. The van der Waals surface area contributed by atoms with E-state index in [4.69, 9.17) is 4.74 Å². The van der Waals surface area contributed by atoms with Gasteiger partial charge in [0.2, 0.25) is 0 Å². The van der Waals surface area contributed by atoms with E-state index < -0.39 is 10.8 Å². The molecule has 3 rings (SSSR count). The number of carbonyl (C=O) groups is 1. The molecule has 1 aromatic carbocycles. The third-order valence-electron chi connectivity index (χ3n) is 4.05. The van der Waals surface area contributed by atoms with Crippen LogP contribution in [0.5, 0.6) is 0 Å². The van der Waals surface area contributed by atoms with Crippen LogP contribution in [0.4, 0.5) is 5.69 Å². The van der Waals surface area contributed by atoms with E-state index in [-0.39, 0.29) is 18.3 Å². The van der Waals surface area contributed by atoms with Crippen LogP contribution in [-0.4, -0.2) is 46.3 Å². The zero-order valence-corrected chi connectivity index (χ0v) is 16.2. The van der Waals surface area contributed by atoms with Crippen molar-refractivity contribution in [3.63, 3.8) is 0 Å². The van der Waals surface area contributed by atoms with E-state index in [2.05, 4.69) is 20.8 Å². The van der Waals surface area contributed by atoms with Crippen LogP contribution in [0.3, 0.4) is 0 Å². The first-order valence-electron chi connectivity index (χ1n) is 8.18. The molecule has 3 N–H and O–H groups in total. The molecular weight excluding hydrogens is 376 g/mol. The molecule has 1 aliphatic heterocycles. The minimum atomic E-state index is -0.987. The number of halogens is 1. The second kappa shape index (κ2) is 9.82. The molecule has 2 heterocycles. The highest BCUT2D eigenvalue weighted by Crippen LogP contribution is 2.18. The highest BCUT2D eigenvalue weighted by molar-refractivity contribution is 7.84. The molecule has 1 aliphatic rings. The Kier molecular flexibility index (Phi) is 7.77. The molecule has 26 heavy (non-hydrogen) atoms. The molecule has 0 bridgehead atoms. The first-order valence-corrected chi connectivity index (χ1v) is 9.67. The van der Waals surface area contributed by atoms with Gasteiger partial charge in [0, 0.05) is 65.9 Å². The molecule has 1 unspecified atom stereocenters. The first kappa shape index (κ1) is 20.6. The molecule has 0 radical (unpaired) electrons. The summed E-state index contributed by atoms with van der Waals surface area (Å²) in [6.07, 6.45) is 0.846. The van der Waals surface area contributed by atoms with E-state index in [1.165, 1.54) is 0 Å². The summed E-state index contributed by atoms with van der Waals surface area (Å²) in [6.45, 7) is 2.01. The fourth-order valence-corrected chi connectivity index (χ4v) is 3.82. The number of ether oxygens (including phenoxy) is 1. The van der Waals surface area contributed by atoms with E-state index in [0.717, 1.165) is 29.8 Å². The molecule has 142 valence electrons. The van der Waals surface area contributed by atoms with Crippen molar-refractivity contribution in [2.75, 3.05) is 31.3 Å². The van der Waals surface area contributed by atoms with Crippen LogP contribution in [0.2, 0.25) is 0 Å². The van der Waals surface area contributed by atoms with Gasteiger partial charge in [-0.05, 0) is 17.7 Å². The summed E-state index contributed by atoms with van der Waals surface area (Å²) in [5.41, 5.74) is 3.97. The zero-order valence-electron chi connectivity index (χ0n) is 14.5. The molecule has 2 aromatic rings. The molecule has 9 heteroatoms. The van der Waals surface area contributed by atoms with Crippen LogP contribution in [0, 0.1) is 0 Å². The lowest BCUT2D eigenvalue weighted by Gasteiger charge is -2.13. The van der Waals surface area contributed by atoms with E-state index in [1.54, 1.807) is 7.11 Å². The topological polar surface area (TPSA) is 96.1 Å². The number of carbonyl (C=O) groups excluding carboxylic acids is 1. The van der Waals surface area contributed by atoms with Gasteiger partial charge in [0.25, 0.3) is 5.91 Å². The van der Waals surface area contributed by atoms with Crippen molar-refractivity contribution >= 4 is 34.8 Å². The fourth-order valence-electron chi connectivity index (χ4n) is 2.78. The van der Waals surface area contributed by atoms with Crippen molar-refractivity contribution < 1.29 is 13.7 Å². The highest BCUT2D eigenvalue weighted by Gasteiger charge is 2.21. The smallest absolute Gasteiger partial charge is 0.276 e. The maximum absolute atomic E-state index is 12.5. The maximum Gasteiger partial charge on any atom is 0.276 e. The average Bonchev–Trinajstić information content (AvgIpc) is 3.04. The van der Waals surface area contributed by atoms with E-state index in [1.807, 2.05) is 24.3 Å². The van der Waals surface area contributed by atoms with Crippen molar-refractivity contribution in [3.05, 3.63) is 46.8 Å². The van der Waals surface area contributed by atoms with Gasteiger partial charge in [-0.15, -0.1) is 12.4 Å². The number of nitrogens with one attached hydrogen (secondary N) is 3. The Bertz CT molecular complexity index is 781. The average molecular weight is 399 g/mol. The minimum Gasteiger partial charge on any atom is -0.384 e. The van der Waals surface area contributed by atoms with Crippen LogP contribution in [0.15, 0.2) is 24.3 Å². The number of H-pyrrole nitrogens is 1. The summed E-state index contributed by atoms with van der Waals surface area (Å²) in [5, 5.41) is 13.2. The second-order valence-corrected chi connectivity index (χ2v) is 7.47. The largest absolute Gasteiger partial charge is 0.384 e. The molecule has 0 saturated heterocycles. The summed E-state index contributed by atoms with van der Waals surface area (Å²) >= 11 is 0. The quantitative estimate of drug-likeness (QED) is 0.658. The van der Waals surface area contributed by atoms with Gasteiger partial charge in [-0.25, -0.2) is 0 Å². The number of hydrogen-bond acceptors (Lipinski definition) is 5. The lowest BCUT2D eigenvalue weighted by molar-refractivity contribution is 0.102. The standard InChI is InChI=1S/C17H22N4O3S.ClH/c1-24-7-8-25(23)11-12-3-2-4-13(9-12)19-17(22)16-14-10-18-6-5-15(14)20-21-16;/h2-4,9,18H,5-8,10-11H2,1H3,(H,19,22)(H,20,21);1H. The fraction of sp³-hybridized carbons (Fsp3) is 0.412.